The number of hydrogen-bond donors (Lipinski definition) is 1. The van der Waals surface area contributed by atoms with Crippen molar-refractivity contribution in [3.63, 3.8) is 0 Å². The maximum absolute atomic E-state index is 12.0. The molecule has 0 aliphatic heterocycles. The molecule has 1 N–H and O–H groups in total. The van der Waals surface area contributed by atoms with E-state index in [1.165, 1.54) is 22.9 Å². The van der Waals surface area contributed by atoms with Crippen LogP contribution in [0.4, 0.5) is 18.9 Å². The van der Waals surface area contributed by atoms with Gasteiger partial charge in [-0.1, -0.05) is 11.6 Å². The van der Waals surface area contributed by atoms with Gasteiger partial charge in [0.05, 0.1) is 11.9 Å². The third-order valence-corrected chi connectivity index (χ3v) is 5.75. The van der Waals surface area contributed by atoms with Crippen LogP contribution in [0.2, 0.25) is 5.15 Å². The summed E-state index contributed by atoms with van der Waals surface area (Å²) in [6, 6.07) is 3.82. The second kappa shape index (κ2) is 8.47. The van der Waals surface area contributed by atoms with Crippen molar-refractivity contribution in [3.05, 3.63) is 70.7 Å². The first-order valence-electron chi connectivity index (χ1n) is 9.88. The molecule has 4 aromatic rings. The summed E-state index contributed by atoms with van der Waals surface area (Å²) in [6.45, 7) is 2.24. The van der Waals surface area contributed by atoms with Crippen LogP contribution < -0.4 is 5.32 Å². The quantitative estimate of drug-likeness (QED) is 0.450. The number of carbonyl (C=O) groups excluding carboxylic acids is 1. The first-order chi connectivity index (χ1) is 15.6. The molecule has 1 aliphatic rings. The van der Waals surface area contributed by atoms with Crippen LogP contribution in [-0.4, -0.2) is 35.8 Å². The predicted octanol–water partition coefficient (Wildman–Crippen LogP) is 4.04. The van der Waals surface area contributed by atoms with Crippen LogP contribution in [-0.2, 0) is 29.9 Å². The lowest BCUT2D eigenvalue weighted by Gasteiger charge is -2.24. The third kappa shape index (κ3) is 4.40. The van der Waals surface area contributed by atoms with Crippen LogP contribution in [0.3, 0.4) is 0 Å². The molecule has 1 amide bonds. The maximum atomic E-state index is 12.0. The summed E-state index contributed by atoms with van der Waals surface area (Å²) in [4.78, 5) is 17.5. The van der Waals surface area contributed by atoms with Crippen molar-refractivity contribution in [2.75, 3.05) is 5.32 Å². The Hall–Kier alpha value is -3.47. The van der Waals surface area contributed by atoms with E-state index in [2.05, 4.69) is 38.6 Å². The molecule has 0 saturated heterocycles. The van der Waals surface area contributed by atoms with Crippen LogP contribution in [0.5, 0.6) is 0 Å². The number of nitrogens with zero attached hydrogens (tertiary/aromatic N) is 6. The van der Waals surface area contributed by atoms with Crippen molar-refractivity contribution < 1.29 is 18.0 Å². The number of carbonyl (C=O) groups is 1. The van der Waals surface area contributed by atoms with Crippen molar-refractivity contribution in [1.29, 1.82) is 0 Å². The highest BCUT2D eigenvalue weighted by atomic mass is 35.5. The second-order valence-corrected chi connectivity index (χ2v) is 8.18. The predicted molar refractivity (Wildman–Crippen MR) is 115 cm³/mol. The lowest BCUT2D eigenvalue weighted by atomic mass is 9.82. The van der Waals surface area contributed by atoms with E-state index in [1.807, 2.05) is 28.6 Å². The van der Waals surface area contributed by atoms with Crippen molar-refractivity contribution in [2.24, 2.45) is 7.05 Å². The van der Waals surface area contributed by atoms with Gasteiger partial charge in [0.1, 0.15) is 5.69 Å². The van der Waals surface area contributed by atoms with E-state index in [1.54, 1.807) is 6.07 Å². The van der Waals surface area contributed by atoms with Gasteiger partial charge in [-0.25, -0.2) is 9.50 Å². The van der Waals surface area contributed by atoms with Crippen molar-refractivity contribution in [1.82, 2.24) is 29.4 Å². The van der Waals surface area contributed by atoms with Crippen LogP contribution in [0, 0.1) is 0 Å². The fourth-order valence-electron chi connectivity index (χ4n) is 3.95. The van der Waals surface area contributed by atoms with Gasteiger partial charge < -0.3 is 5.32 Å². The fraction of sp³-hybridized carbons (Fsp3) is 0.286. The zero-order chi connectivity index (χ0) is 23.8. The Morgan fingerprint density at radius 3 is 2.70 bits per heavy atom. The smallest absolute Gasteiger partial charge is 0.329 e. The average molecular weight is 478 g/mol. The van der Waals surface area contributed by atoms with Crippen LogP contribution in [0.25, 0.3) is 5.65 Å². The van der Waals surface area contributed by atoms with E-state index in [0.717, 1.165) is 30.8 Å². The molecule has 8 nitrogen and oxygen atoms in total. The fourth-order valence-corrected chi connectivity index (χ4v) is 4.12. The van der Waals surface area contributed by atoms with E-state index in [-0.39, 0.29) is 11.1 Å². The molecule has 1 atom stereocenters. The molecule has 4 aromatic heterocycles. The molecule has 4 heterocycles. The van der Waals surface area contributed by atoms with Crippen LogP contribution in [0.15, 0.2) is 43.0 Å². The van der Waals surface area contributed by atoms with Gasteiger partial charge in [-0.3, -0.25) is 14.5 Å². The molecule has 12 heteroatoms. The monoisotopic (exact) mass is 477 g/mol. The summed E-state index contributed by atoms with van der Waals surface area (Å²) >= 11 is 6.04. The summed E-state index contributed by atoms with van der Waals surface area (Å²) in [5.41, 5.74) is 3.37. The van der Waals surface area contributed by atoms with Gasteiger partial charge in [0.2, 0.25) is 6.41 Å². The lowest BCUT2D eigenvalue weighted by molar-refractivity contribution is -0.141. The summed E-state index contributed by atoms with van der Waals surface area (Å²) in [7, 11) is 1.94. The molecule has 0 spiro atoms. The number of alkyl halides is 3. The number of aryl methyl sites for hydroxylation is 2. The average Bonchev–Trinajstić information content (AvgIpc) is 3.45. The minimum atomic E-state index is -4.49. The standard InChI is InChI=1S/C14H14ClN5.C7H5F3N2O/c1-14(10-7-17-19(2)8-10)4-3-9-6-16-12-5-11(15)18-20(12)13(9)14;8-7(9,10)6-3-5(12-4-13)1-2-11-6/h5-8H,3-4H2,1-2H3;1-4H,(H,11,12,13)/t14-;/m0./s1. The molecule has 172 valence electrons. The summed E-state index contributed by atoms with van der Waals surface area (Å²) < 4.78 is 39.8. The number of pyridine rings is 1. The Balaban J connectivity index is 0.000000174. The molecule has 0 radical (unpaired) electrons. The Bertz CT molecular complexity index is 1320. The first kappa shape index (κ1) is 22.7. The SMILES string of the molecule is Cn1cc([C@]2(C)CCc3cnc4cc(Cl)nn4c32)cn1.O=CNc1ccnc(C(F)(F)F)c1. The minimum absolute atomic E-state index is 0.0670. The number of amides is 1. The molecule has 1 aliphatic carbocycles. The molecular weight excluding hydrogens is 459 g/mol. The number of anilines is 1. The molecule has 5 rings (SSSR count). The normalized spacial score (nSPS) is 17.4. The third-order valence-electron chi connectivity index (χ3n) is 5.56. The zero-order valence-corrected chi connectivity index (χ0v) is 18.4. The van der Waals surface area contributed by atoms with Gasteiger partial charge >= 0.3 is 6.18 Å². The number of aromatic nitrogens is 6. The molecular formula is C21H19ClF3N7O. The highest BCUT2D eigenvalue weighted by molar-refractivity contribution is 6.29. The maximum Gasteiger partial charge on any atom is 0.433 e. The topological polar surface area (TPSA) is 90.0 Å². The molecule has 0 saturated carbocycles. The minimum Gasteiger partial charge on any atom is -0.329 e. The van der Waals surface area contributed by atoms with Gasteiger partial charge in [0.15, 0.2) is 10.8 Å². The summed E-state index contributed by atoms with van der Waals surface area (Å²) in [5.74, 6) is 0. The largest absolute Gasteiger partial charge is 0.433 e. The summed E-state index contributed by atoms with van der Waals surface area (Å²) in [6.07, 6.45) is 4.79. The van der Waals surface area contributed by atoms with Crippen molar-refractivity contribution in [2.45, 2.75) is 31.4 Å². The second-order valence-electron chi connectivity index (χ2n) is 7.79. The molecule has 0 aromatic carbocycles. The van der Waals surface area contributed by atoms with Crippen LogP contribution >= 0.6 is 11.6 Å². The number of halogens is 4. The van der Waals surface area contributed by atoms with E-state index in [9.17, 15) is 18.0 Å². The van der Waals surface area contributed by atoms with Crippen LogP contribution in [0.1, 0.15) is 35.9 Å². The molecule has 0 bridgehead atoms. The van der Waals surface area contributed by atoms with Gasteiger partial charge in [-0.2, -0.15) is 23.4 Å². The first-order valence-corrected chi connectivity index (χ1v) is 10.3. The molecule has 0 unspecified atom stereocenters. The van der Waals surface area contributed by atoms with E-state index in [0.29, 0.717) is 11.6 Å². The highest BCUT2D eigenvalue weighted by Crippen LogP contribution is 2.43. The number of nitrogens with one attached hydrogen (secondary N) is 1. The Labute approximate surface area is 191 Å². The van der Waals surface area contributed by atoms with Gasteiger partial charge in [-0.15, -0.1) is 0 Å². The Kier molecular flexibility index (Phi) is 5.83. The van der Waals surface area contributed by atoms with Crippen molar-refractivity contribution in [3.8, 4) is 0 Å². The molecule has 0 fully saturated rings. The number of hydrogen-bond acceptors (Lipinski definition) is 5. The number of fused-ring (bicyclic) bond motifs is 3. The van der Waals surface area contributed by atoms with E-state index in [4.69, 9.17) is 11.6 Å². The zero-order valence-electron chi connectivity index (χ0n) is 17.6. The van der Waals surface area contributed by atoms with Gasteiger partial charge in [0.25, 0.3) is 0 Å². The number of rotatable bonds is 3. The molecule has 33 heavy (non-hydrogen) atoms. The Morgan fingerprint density at radius 2 is 2.03 bits per heavy atom. The van der Waals surface area contributed by atoms with Gasteiger partial charge in [-0.05, 0) is 37.5 Å². The Morgan fingerprint density at radius 1 is 1.24 bits per heavy atom. The lowest BCUT2D eigenvalue weighted by Crippen LogP contribution is -2.23. The van der Waals surface area contributed by atoms with E-state index >= 15 is 0 Å². The summed E-state index contributed by atoms with van der Waals surface area (Å²) in [5, 5.41) is 11.3. The highest BCUT2D eigenvalue weighted by Gasteiger charge is 2.40. The van der Waals surface area contributed by atoms with Gasteiger partial charge in [0, 0.05) is 48.4 Å². The van der Waals surface area contributed by atoms with E-state index < -0.39 is 11.9 Å². The van der Waals surface area contributed by atoms with Crippen molar-refractivity contribution >= 4 is 29.3 Å².